The zero-order valence-corrected chi connectivity index (χ0v) is 10.7. The van der Waals surface area contributed by atoms with Gasteiger partial charge in [0.2, 0.25) is 0 Å². The molecule has 1 aromatic heterocycles. The van der Waals surface area contributed by atoms with Crippen molar-refractivity contribution in [3.8, 4) is 0 Å². The predicted molar refractivity (Wildman–Crippen MR) is 72.9 cm³/mol. The molecule has 1 atom stereocenters. The van der Waals surface area contributed by atoms with Gasteiger partial charge in [-0.1, -0.05) is 6.42 Å². The smallest absolute Gasteiger partial charge is 0.192 e. The molecule has 0 amide bonds. The van der Waals surface area contributed by atoms with Crippen molar-refractivity contribution in [2.75, 3.05) is 18.4 Å². The van der Waals surface area contributed by atoms with E-state index >= 15 is 0 Å². The number of hydrogen-bond acceptors (Lipinski definition) is 4. The molecule has 4 nitrogen and oxygen atoms in total. The third kappa shape index (κ3) is 2.48. The second kappa shape index (κ2) is 4.98. The normalized spacial score (nSPS) is 20.2. The van der Waals surface area contributed by atoms with Gasteiger partial charge in [0.15, 0.2) is 11.5 Å². The van der Waals surface area contributed by atoms with Crippen molar-refractivity contribution in [3.63, 3.8) is 0 Å². The highest BCUT2D eigenvalue weighted by atomic mass is 16.3. The van der Waals surface area contributed by atoms with E-state index in [1.807, 2.05) is 19.1 Å². The lowest BCUT2D eigenvalue weighted by Crippen LogP contribution is -2.39. The van der Waals surface area contributed by atoms with Crippen LogP contribution in [0.2, 0.25) is 0 Å². The number of oxazole rings is 1. The summed E-state index contributed by atoms with van der Waals surface area (Å²) in [4.78, 5) is 4.30. The van der Waals surface area contributed by atoms with E-state index in [1.165, 1.54) is 19.3 Å². The van der Waals surface area contributed by atoms with Gasteiger partial charge in [-0.2, -0.15) is 0 Å². The van der Waals surface area contributed by atoms with Crippen LogP contribution >= 0.6 is 0 Å². The fourth-order valence-corrected chi connectivity index (χ4v) is 2.49. The van der Waals surface area contributed by atoms with Crippen LogP contribution < -0.4 is 10.6 Å². The molecule has 0 saturated carbocycles. The van der Waals surface area contributed by atoms with Crippen molar-refractivity contribution in [1.29, 1.82) is 0 Å². The van der Waals surface area contributed by atoms with Crippen LogP contribution in [0.5, 0.6) is 0 Å². The van der Waals surface area contributed by atoms with E-state index < -0.39 is 0 Å². The third-order valence-electron chi connectivity index (χ3n) is 3.46. The summed E-state index contributed by atoms with van der Waals surface area (Å²) in [6.07, 6.45) is 3.90. The molecule has 0 bridgehead atoms. The Morgan fingerprint density at radius 3 is 3.22 bits per heavy atom. The van der Waals surface area contributed by atoms with Gasteiger partial charge in [-0.3, -0.25) is 0 Å². The van der Waals surface area contributed by atoms with E-state index in [-0.39, 0.29) is 0 Å². The van der Waals surface area contributed by atoms with Crippen molar-refractivity contribution in [1.82, 2.24) is 10.3 Å². The molecule has 1 aliphatic heterocycles. The van der Waals surface area contributed by atoms with E-state index in [9.17, 15) is 0 Å². The standard InChI is InChI=1S/C14H19N3O/c1-10-17-13-6-5-11(8-14(13)18-10)16-9-12-4-2-3-7-15-12/h5-6,8,12,15-16H,2-4,7,9H2,1H3. The van der Waals surface area contributed by atoms with Crippen LogP contribution in [0.4, 0.5) is 5.69 Å². The number of benzene rings is 1. The molecule has 1 aromatic carbocycles. The Morgan fingerprint density at radius 1 is 1.44 bits per heavy atom. The summed E-state index contributed by atoms with van der Waals surface area (Å²) < 4.78 is 5.53. The van der Waals surface area contributed by atoms with Crippen molar-refractivity contribution in [2.45, 2.75) is 32.2 Å². The number of piperidine rings is 1. The maximum atomic E-state index is 5.53. The summed E-state index contributed by atoms with van der Waals surface area (Å²) in [5, 5.41) is 7.00. The minimum atomic E-state index is 0.589. The second-order valence-corrected chi connectivity index (χ2v) is 4.94. The zero-order chi connectivity index (χ0) is 12.4. The molecule has 2 aromatic rings. The zero-order valence-electron chi connectivity index (χ0n) is 10.7. The van der Waals surface area contributed by atoms with Gasteiger partial charge in [-0.05, 0) is 31.5 Å². The van der Waals surface area contributed by atoms with Crippen LogP contribution in [-0.4, -0.2) is 24.1 Å². The number of rotatable bonds is 3. The molecule has 1 saturated heterocycles. The van der Waals surface area contributed by atoms with Gasteiger partial charge in [0.05, 0.1) is 0 Å². The summed E-state index contributed by atoms with van der Waals surface area (Å²) in [5.74, 6) is 0.719. The first-order valence-electron chi connectivity index (χ1n) is 6.66. The molecule has 3 rings (SSSR count). The minimum absolute atomic E-state index is 0.589. The highest BCUT2D eigenvalue weighted by Gasteiger charge is 2.12. The quantitative estimate of drug-likeness (QED) is 0.873. The summed E-state index contributed by atoms with van der Waals surface area (Å²) in [6, 6.07) is 6.68. The molecule has 2 heterocycles. The third-order valence-corrected chi connectivity index (χ3v) is 3.46. The lowest BCUT2D eigenvalue weighted by Gasteiger charge is -2.24. The van der Waals surface area contributed by atoms with Gasteiger partial charge in [0.25, 0.3) is 0 Å². The van der Waals surface area contributed by atoms with Crippen LogP contribution in [0.25, 0.3) is 11.1 Å². The monoisotopic (exact) mass is 245 g/mol. The topological polar surface area (TPSA) is 50.1 Å². The first-order valence-corrected chi connectivity index (χ1v) is 6.66. The average molecular weight is 245 g/mol. The van der Waals surface area contributed by atoms with Gasteiger partial charge >= 0.3 is 0 Å². The maximum absolute atomic E-state index is 5.53. The lowest BCUT2D eigenvalue weighted by atomic mass is 10.1. The highest BCUT2D eigenvalue weighted by Crippen LogP contribution is 2.20. The number of hydrogen-bond donors (Lipinski definition) is 2. The SMILES string of the molecule is Cc1nc2ccc(NCC3CCCCN3)cc2o1. The molecular weight excluding hydrogens is 226 g/mol. The first-order chi connectivity index (χ1) is 8.81. The van der Waals surface area contributed by atoms with Crippen LogP contribution in [0.15, 0.2) is 22.6 Å². The Bertz CT molecular complexity index is 529. The number of anilines is 1. The predicted octanol–water partition coefficient (Wildman–Crippen LogP) is 2.69. The van der Waals surface area contributed by atoms with E-state index in [4.69, 9.17) is 4.42 Å². The Morgan fingerprint density at radius 2 is 2.39 bits per heavy atom. The number of nitrogens with one attached hydrogen (secondary N) is 2. The largest absolute Gasteiger partial charge is 0.441 e. The van der Waals surface area contributed by atoms with Gasteiger partial charge in [0.1, 0.15) is 5.52 Å². The van der Waals surface area contributed by atoms with Gasteiger partial charge in [-0.15, -0.1) is 0 Å². The molecule has 1 fully saturated rings. The van der Waals surface area contributed by atoms with Gasteiger partial charge in [-0.25, -0.2) is 4.98 Å². The van der Waals surface area contributed by atoms with Gasteiger partial charge < -0.3 is 15.1 Å². The van der Waals surface area contributed by atoms with E-state index in [0.29, 0.717) is 6.04 Å². The van der Waals surface area contributed by atoms with Crippen LogP contribution in [0.1, 0.15) is 25.2 Å². The summed E-state index contributed by atoms with van der Waals surface area (Å²) in [7, 11) is 0. The molecule has 18 heavy (non-hydrogen) atoms. The Balaban J connectivity index is 1.66. The molecule has 4 heteroatoms. The van der Waals surface area contributed by atoms with E-state index in [2.05, 4.69) is 21.7 Å². The van der Waals surface area contributed by atoms with Crippen LogP contribution in [0.3, 0.4) is 0 Å². The molecule has 2 N–H and O–H groups in total. The van der Waals surface area contributed by atoms with Crippen LogP contribution in [0, 0.1) is 6.92 Å². The Hall–Kier alpha value is -1.55. The maximum Gasteiger partial charge on any atom is 0.192 e. The second-order valence-electron chi connectivity index (χ2n) is 4.94. The number of fused-ring (bicyclic) bond motifs is 1. The molecule has 0 spiro atoms. The average Bonchev–Trinajstić information content (AvgIpc) is 2.77. The molecule has 1 unspecified atom stereocenters. The number of aromatic nitrogens is 1. The first kappa shape index (κ1) is 11.5. The lowest BCUT2D eigenvalue weighted by molar-refractivity contribution is 0.414. The number of nitrogens with zero attached hydrogens (tertiary/aromatic N) is 1. The van der Waals surface area contributed by atoms with Gasteiger partial charge in [0, 0.05) is 31.3 Å². The fourth-order valence-electron chi connectivity index (χ4n) is 2.49. The minimum Gasteiger partial charge on any atom is -0.441 e. The Labute approximate surface area is 107 Å². The molecule has 0 aliphatic carbocycles. The van der Waals surface area contributed by atoms with E-state index in [0.717, 1.165) is 35.8 Å². The fraction of sp³-hybridized carbons (Fsp3) is 0.500. The highest BCUT2D eigenvalue weighted by molar-refractivity contribution is 5.77. The van der Waals surface area contributed by atoms with Crippen molar-refractivity contribution >= 4 is 16.8 Å². The summed E-state index contributed by atoms with van der Waals surface area (Å²) >= 11 is 0. The number of aryl methyl sites for hydroxylation is 1. The summed E-state index contributed by atoms with van der Waals surface area (Å²) in [6.45, 7) is 3.99. The molecule has 1 aliphatic rings. The van der Waals surface area contributed by atoms with E-state index in [1.54, 1.807) is 0 Å². The molecule has 0 radical (unpaired) electrons. The van der Waals surface area contributed by atoms with Crippen molar-refractivity contribution in [2.24, 2.45) is 0 Å². The molecular formula is C14H19N3O. The van der Waals surface area contributed by atoms with Crippen molar-refractivity contribution in [3.05, 3.63) is 24.1 Å². The Kier molecular flexibility index (Phi) is 3.19. The van der Waals surface area contributed by atoms with Crippen LogP contribution in [-0.2, 0) is 0 Å². The van der Waals surface area contributed by atoms with Crippen molar-refractivity contribution < 1.29 is 4.42 Å². The molecule has 96 valence electrons. The summed E-state index contributed by atoms with van der Waals surface area (Å²) in [5.41, 5.74) is 2.88.